The minimum atomic E-state index is -2.33. The zero-order chi connectivity index (χ0) is 45.5. The van der Waals surface area contributed by atoms with Crippen LogP contribution in [0.15, 0.2) is 60.2 Å². The molecule has 14 heteroatoms. The van der Waals surface area contributed by atoms with Gasteiger partial charge in [-0.25, -0.2) is 4.79 Å². The highest BCUT2D eigenvalue weighted by Gasteiger charge is 2.80. The van der Waals surface area contributed by atoms with Crippen molar-refractivity contribution in [1.82, 2.24) is 14.8 Å². The number of ether oxygens (including phenoxy) is 5. The smallest absolute Gasteiger partial charge is 0.344 e. The van der Waals surface area contributed by atoms with Gasteiger partial charge in [0, 0.05) is 90.9 Å². The van der Waals surface area contributed by atoms with E-state index in [1.54, 1.807) is 7.11 Å². The average Bonchev–Trinajstić information content (AvgIpc) is 3.95. The normalized spacial score (nSPS) is 33.8. The number of fused-ring (bicyclic) bond motifs is 6. The monoisotopic (exact) mass is 878 g/mol. The van der Waals surface area contributed by atoms with E-state index in [4.69, 9.17) is 23.7 Å². The van der Waals surface area contributed by atoms with Gasteiger partial charge in [-0.2, -0.15) is 0 Å². The molecule has 2 aromatic carbocycles. The fourth-order valence-corrected chi connectivity index (χ4v) is 13.7. The molecule has 1 spiro atoms. The third kappa shape index (κ3) is 6.00. The Morgan fingerprint density at radius 2 is 1.73 bits per heavy atom. The van der Waals surface area contributed by atoms with Crippen LogP contribution in [0.5, 0.6) is 5.75 Å². The number of aliphatic hydroxyl groups is 1. The lowest BCUT2D eigenvalue weighted by Crippen LogP contribution is -2.81. The standard InChI is InChI=1S/C50H62N4O10/c1-9-30-21-31-25-49(45(57)61-7,40-34(33-15-12-13-16-37(33)51-40)22-32(41(56)63-11-3)28-53(26-30)27-31)36-23-35-38(24-39(36)60-6)52(5)43-48(35)18-20-54-19-14-17-47(10-2,42(48)54)44(64-29(4)55)50(43,59)46(58)62-8/h12-17,21,23-24,31-32,42-44,51,59H,9-11,18-20,22,25-28H2,1-8H3/t31-,32-,42+,43-,44-,47-,48-,49+,50+/m1/s1. The van der Waals surface area contributed by atoms with Gasteiger partial charge in [0.2, 0.25) is 5.60 Å². The van der Waals surface area contributed by atoms with Gasteiger partial charge in [-0.05, 0) is 74.8 Å². The molecule has 6 aliphatic rings. The third-order valence-corrected chi connectivity index (χ3v) is 15.9. The van der Waals surface area contributed by atoms with Crippen LogP contribution in [-0.2, 0) is 55.4 Å². The van der Waals surface area contributed by atoms with E-state index in [2.05, 4.69) is 33.8 Å². The molecule has 1 aromatic heterocycles. The number of aromatic nitrogens is 1. The molecule has 64 heavy (non-hydrogen) atoms. The summed E-state index contributed by atoms with van der Waals surface area (Å²) in [5, 5.41) is 14.3. The fourth-order valence-electron chi connectivity index (χ4n) is 13.7. The van der Waals surface area contributed by atoms with E-state index < -0.39 is 57.8 Å². The predicted octanol–water partition coefficient (Wildman–Crippen LogP) is 4.98. The zero-order valence-electron chi connectivity index (χ0n) is 38.3. The molecule has 0 amide bonds. The zero-order valence-corrected chi connectivity index (χ0v) is 38.3. The molecule has 14 nitrogen and oxygen atoms in total. The van der Waals surface area contributed by atoms with E-state index >= 15 is 4.79 Å². The number of aromatic amines is 1. The Labute approximate surface area is 374 Å². The SMILES string of the molecule is CCOC(=O)[C@@H]1Cc2c([nH]c3ccccc23)[C@@](C(=O)OC)(c2cc3c(cc2OC)N(C)[C@H]2[C@@](O)(C(=O)OC)[C@H](OC(C)=O)[C@]4(CC)C=CCN5CC[C@]32[C@@H]54)C[C@H]2C=C(CC)CN(C2)C1. The van der Waals surface area contributed by atoms with Gasteiger partial charge in [-0.3, -0.25) is 24.2 Å². The number of carbonyl (C=O) groups is 4. The molecular weight excluding hydrogens is 817 g/mol. The molecule has 6 heterocycles. The summed E-state index contributed by atoms with van der Waals surface area (Å²) in [7, 11) is 6.11. The molecule has 1 aliphatic carbocycles. The maximum absolute atomic E-state index is 15.6. The first-order valence-corrected chi connectivity index (χ1v) is 22.9. The second-order valence-corrected chi connectivity index (χ2v) is 18.9. The highest BCUT2D eigenvalue weighted by molar-refractivity contribution is 5.95. The number of esters is 4. The highest BCUT2D eigenvalue weighted by Crippen LogP contribution is 2.68. The second kappa shape index (κ2) is 16.1. The first-order valence-electron chi connectivity index (χ1n) is 22.9. The maximum Gasteiger partial charge on any atom is 0.344 e. The van der Waals surface area contributed by atoms with Gasteiger partial charge in [-0.15, -0.1) is 0 Å². The highest BCUT2D eigenvalue weighted by atomic mass is 16.6. The van der Waals surface area contributed by atoms with Gasteiger partial charge in [0.1, 0.15) is 11.2 Å². The number of hydrogen-bond donors (Lipinski definition) is 2. The van der Waals surface area contributed by atoms with E-state index in [0.29, 0.717) is 81.1 Å². The largest absolute Gasteiger partial charge is 0.496 e. The summed E-state index contributed by atoms with van der Waals surface area (Å²) >= 11 is 0. The molecule has 1 saturated heterocycles. The van der Waals surface area contributed by atoms with E-state index in [1.807, 2.05) is 68.3 Å². The van der Waals surface area contributed by atoms with E-state index in [1.165, 1.54) is 26.7 Å². The Balaban J connectivity index is 1.38. The minimum absolute atomic E-state index is 0.156. The summed E-state index contributed by atoms with van der Waals surface area (Å²) < 4.78 is 29.9. The summed E-state index contributed by atoms with van der Waals surface area (Å²) in [5.41, 5.74) is -0.208. The second-order valence-electron chi connectivity index (χ2n) is 18.9. The first kappa shape index (κ1) is 44.0. The number of carbonyl (C=O) groups excluding carboxylic acids is 4. The van der Waals surface area contributed by atoms with Crippen LogP contribution < -0.4 is 9.64 Å². The number of nitrogens with zero attached hydrogens (tertiary/aromatic N) is 3. The predicted molar refractivity (Wildman–Crippen MR) is 239 cm³/mol. The average molecular weight is 879 g/mol. The van der Waals surface area contributed by atoms with Crippen LogP contribution in [0.2, 0.25) is 0 Å². The van der Waals surface area contributed by atoms with Gasteiger partial charge in [0.15, 0.2) is 6.10 Å². The minimum Gasteiger partial charge on any atom is -0.496 e. The van der Waals surface area contributed by atoms with Crippen molar-refractivity contribution in [2.75, 3.05) is 72.6 Å². The van der Waals surface area contributed by atoms with Crippen molar-refractivity contribution < 1.29 is 48.0 Å². The van der Waals surface area contributed by atoms with E-state index in [-0.39, 0.29) is 24.5 Å². The van der Waals surface area contributed by atoms with Crippen molar-refractivity contribution in [3.8, 4) is 5.75 Å². The number of hydrogen-bond acceptors (Lipinski definition) is 13. The van der Waals surface area contributed by atoms with Crippen molar-refractivity contribution in [2.24, 2.45) is 17.3 Å². The van der Waals surface area contributed by atoms with Crippen LogP contribution in [0.4, 0.5) is 5.69 Å². The van der Waals surface area contributed by atoms with Gasteiger partial charge >= 0.3 is 23.9 Å². The summed E-state index contributed by atoms with van der Waals surface area (Å²) in [4.78, 5) is 67.6. The lowest BCUT2D eigenvalue weighted by molar-refractivity contribution is -0.228. The van der Waals surface area contributed by atoms with E-state index in [0.717, 1.165) is 28.5 Å². The number of anilines is 1. The van der Waals surface area contributed by atoms with Gasteiger partial charge in [-0.1, -0.05) is 55.8 Å². The van der Waals surface area contributed by atoms with Gasteiger partial charge in [0.05, 0.1) is 39.9 Å². The topological polar surface area (TPSA) is 160 Å². The van der Waals surface area contributed by atoms with Gasteiger partial charge in [0.25, 0.3) is 0 Å². The number of likely N-dealkylation sites (N-methyl/N-ethyl adjacent to an activating group) is 1. The lowest BCUT2D eigenvalue weighted by Gasteiger charge is -2.63. The third-order valence-electron chi connectivity index (χ3n) is 15.9. The number of benzene rings is 2. The van der Waals surface area contributed by atoms with Crippen LogP contribution in [0, 0.1) is 17.3 Å². The van der Waals surface area contributed by atoms with Crippen molar-refractivity contribution in [3.05, 3.63) is 82.6 Å². The lowest BCUT2D eigenvalue weighted by atomic mass is 9.47. The molecule has 5 aliphatic heterocycles. The van der Waals surface area contributed by atoms with Crippen LogP contribution in [0.3, 0.4) is 0 Å². The van der Waals surface area contributed by atoms with Gasteiger partial charge < -0.3 is 38.7 Å². The number of methoxy groups -OCH3 is 3. The van der Waals surface area contributed by atoms with E-state index in [9.17, 15) is 19.5 Å². The molecule has 9 rings (SSSR count). The summed E-state index contributed by atoms with van der Waals surface area (Å²) in [6, 6.07) is 10.7. The number of nitrogens with one attached hydrogen (secondary N) is 1. The van der Waals surface area contributed by atoms with Crippen molar-refractivity contribution in [1.29, 1.82) is 0 Å². The molecule has 2 N–H and O–H groups in total. The molecule has 1 unspecified atom stereocenters. The molecule has 2 bridgehead atoms. The molecular formula is C50H62N4O10. The Bertz CT molecular complexity index is 2460. The van der Waals surface area contributed by atoms with Crippen molar-refractivity contribution in [3.63, 3.8) is 0 Å². The Morgan fingerprint density at radius 1 is 0.969 bits per heavy atom. The summed E-state index contributed by atoms with van der Waals surface area (Å²) in [6.07, 6.45) is 7.50. The quantitative estimate of drug-likeness (QED) is 0.169. The van der Waals surface area contributed by atoms with Crippen molar-refractivity contribution >= 4 is 40.5 Å². The molecule has 10 atom stereocenters. The maximum atomic E-state index is 15.6. The number of rotatable bonds is 9. The molecule has 2 fully saturated rings. The molecule has 0 radical (unpaired) electrons. The fraction of sp³-hybridized carbons (Fsp3) is 0.560. The Hall–Kier alpha value is -5.18. The van der Waals surface area contributed by atoms with Crippen LogP contribution in [-0.4, -0.2) is 135 Å². The van der Waals surface area contributed by atoms with Crippen LogP contribution >= 0.6 is 0 Å². The summed E-state index contributed by atoms with van der Waals surface area (Å²) in [6.45, 7) is 10.6. The van der Waals surface area contributed by atoms with Crippen molar-refractivity contribution in [2.45, 2.75) is 94.4 Å². The summed E-state index contributed by atoms with van der Waals surface area (Å²) in [5.74, 6) is -2.56. The van der Waals surface area contributed by atoms with Crippen LogP contribution in [0.25, 0.3) is 10.9 Å². The number of H-pyrrole nitrogens is 1. The Kier molecular flexibility index (Phi) is 11.1. The molecule has 1 saturated carbocycles. The number of para-hydroxylation sites is 1. The Morgan fingerprint density at radius 3 is 2.42 bits per heavy atom. The molecule has 3 aromatic rings. The first-order chi connectivity index (χ1) is 30.7. The van der Waals surface area contributed by atoms with Crippen LogP contribution in [0.1, 0.15) is 75.8 Å². The molecule has 342 valence electrons.